The van der Waals surface area contributed by atoms with E-state index in [1.54, 1.807) is 0 Å². The minimum atomic E-state index is 0.630. The third kappa shape index (κ3) is 4.52. The fourth-order valence-corrected chi connectivity index (χ4v) is 2.48. The van der Waals surface area contributed by atoms with Gasteiger partial charge in [-0.15, -0.1) is 0 Å². The van der Waals surface area contributed by atoms with Crippen molar-refractivity contribution in [3.63, 3.8) is 0 Å². The molecule has 0 saturated heterocycles. The van der Waals surface area contributed by atoms with Gasteiger partial charge in [0, 0.05) is 18.6 Å². The quantitative estimate of drug-likeness (QED) is 0.536. The van der Waals surface area contributed by atoms with Crippen LogP contribution in [-0.4, -0.2) is 23.6 Å². The molecule has 0 heterocycles. The van der Waals surface area contributed by atoms with E-state index in [0.717, 1.165) is 12.6 Å². The predicted octanol–water partition coefficient (Wildman–Crippen LogP) is 3.33. The number of nitrogens with one attached hydrogen (secondary N) is 1. The Morgan fingerprint density at radius 1 is 1.20 bits per heavy atom. The Bertz CT molecular complexity index is 151. The molecule has 0 aliphatic heterocycles. The molecule has 2 heteroatoms. The van der Waals surface area contributed by atoms with Crippen LogP contribution in [0.1, 0.15) is 65.7 Å². The van der Waals surface area contributed by atoms with Gasteiger partial charge >= 0.3 is 0 Å². The van der Waals surface area contributed by atoms with E-state index in [4.69, 9.17) is 0 Å². The van der Waals surface area contributed by atoms with E-state index in [1.165, 1.54) is 44.9 Å². The van der Waals surface area contributed by atoms with Crippen LogP contribution in [0.5, 0.6) is 0 Å². The minimum absolute atomic E-state index is 0.630. The van der Waals surface area contributed by atoms with Crippen molar-refractivity contribution in [3.05, 3.63) is 0 Å². The SMILES string of the molecule is CCCCNN(C(C)C)C1CCCCC1. The van der Waals surface area contributed by atoms with Crippen LogP contribution in [0, 0.1) is 0 Å². The molecule has 0 amide bonds. The number of nitrogens with zero attached hydrogens (tertiary/aromatic N) is 1. The second-order valence-electron chi connectivity index (χ2n) is 5.05. The molecule has 2 nitrogen and oxygen atoms in total. The van der Waals surface area contributed by atoms with E-state index < -0.39 is 0 Å². The van der Waals surface area contributed by atoms with Crippen LogP contribution in [0.15, 0.2) is 0 Å². The lowest BCUT2D eigenvalue weighted by Crippen LogP contribution is -2.50. The number of hydrogen-bond acceptors (Lipinski definition) is 2. The average Bonchev–Trinajstić information content (AvgIpc) is 2.25. The monoisotopic (exact) mass is 212 g/mol. The zero-order chi connectivity index (χ0) is 11.1. The number of rotatable bonds is 6. The first-order chi connectivity index (χ1) is 7.25. The van der Waals surface area contributed by atoms with E-state index in [9.17, 15) is 0 Å². The highest BCUT2D eigenvalue weighted by Gasteiger charge is 2.22. The molecule has 0 radical (unpaired) electrons. The fraction of sp³-hybridized carbons (Fsp3) is 1.00. The van der Waals surface area contributed by atoms with Gasteiger partial charge in [-0.05, 0) is 33.1 Å². The topological polar surface area (TPSA) is 15.3 Å². The molecule has 1 rings (SSSR count). The Kier molecular flexibility index (Phi) is 6.26. The van der Waals surface area contributed by atoms with Crippen LogP contribution in [-0.2, 0) is 0 Å². The maximum atomic E-state index is 3.62. The van der Waals surface area contributed by atoms with E-state index >= 15 is 0 Å². The minimum Gasteiger partial charge on any atom is -0.255 e. The molecule has 0 aromatic heterocycles. The summed E-state index contributed by atoms with van der Waals surface area (Å²) in [6.07, 6.45) is 9.62. The fourth-order valence-electron chi connectivity index (χ4n) is 2.48. The van der Waals surface area contributed by atoms with Gasteiger partial charge in [0.15, 0.2) is 0 Å². The lowest BCUT2D eigenvalue weighted by atomic mass is 9.94. The van der Waals surface area contributed by atoms with Crippen LogP contribution in [0.3, 0.4) is 0 Å². The molecule has 90 valence electrons. The first kappa shape index (κ1) is 13.0. The van der Waals surface area contributed by atoms with Crippen molar-refractivity contribution in [3.8, 4) is 0 Å². The molecule has 0 aromatic rings. The largest absolute Gasteiger partial charge is 0.255 e. The molecule has 1 saturated carbocycles. The maximum Gasteiger partial charge on any atom is 0.0246 e. The zero-order valence-corrected chi connectivity index (χ0v) is 10.8. The first-order valence-corrected chi connectivity index (χ1v) is 6.77. The Balaban J connectivity index is 2.34. The lowest BCUT2D eigenvalue weighted by Gasteiger charge is -2.37. The summed E-state index contributed by atoms with van der Waals surface area (Å²) in [5.74, 6) is 0. The van der Waals surface area contributed by atoms with E-state index in [-0.39, 0.29) is 0 Å². The van der Waals surface area contributed by atoms with Crippen molar-refractivity contribution < 1.29 is 0 Å². The molecule has 1 N–H and O–H groups in total. The molecule has 0 spiro atoms. The number of hydrazine groups is 1. The molecular formula is C13H28N2. The van der Waals surface area contributed by atoms with Crippen molar-refractivity contribution in [1.82, 2.24) is 10.4 Å². The molecule has 0 bridgehead atoms. The van der Waals surface area contributed by atoms with Crippen molar-refractivity contribution in [1.29, 1.82) is 0 Å². The van der Waals surface area contributed by atoms with Crippen molar-refractivity contribution in [2.75, 3.05) is 6.54 Å². The van der Waals surface area contributed by atoms with Crippen molar-refractivity contribution >= 4 is 0 Å². The summed E-state index contributed by atoms with van der Waals surface area (Å²) in [6, 6.07) is 1.42. The third-order valence-electron chi connectivity index (χ3n) is 3.35. The Labute approximate surface area is 95.4 Å². The van der Waals surface area contributed by atoms with Crippen LogP contribution >= 0.6 is 0 Å². The van der Waals surface area contributed by atoms with E-state index in [2.05, 4.69) is 31.2 Å². The van der Waals surface area contributed by atoms with Crippen LogP contribution in [0.25, 0.3) is 0 Å². The predicted molar refractivity (Wildman–Crippen MR) is 66.8 cm³/mol. The molecule has 1 aliphatic carbocycles. The number of unbranched alkanes of at least 4 members (excludes halogenated alkanes) is 1. The van der Waals surface area contributed by atoms with Crippen LogP contribution < -0.4 is 5.43 Å². The van der Waals surface area contributed by atoms with E-state index in [0.29, 0.717) is 6.04 Å². The molecule has 0 aromatic carbocycles. The van der Waals surface area contributed by atoms with E-state index in [1.807, 2.05) is 0 Å². The second-order valence-corrected chi connectivity index (χ2v) is 5.05. The smallest absolute Gasteiger partial charge is 0.0246 e. The number of hydrogen-bond donors (Lipinski definition) is 1. The van der Waals surface area contributed by atoms with Gasteiger partial charge in [0.2, 0.25) is 0 Å². The third-order valence-corrected chi connectivity index (χ3v) is 3.35. The van der Waals surface area contributed by atoms with Gasteiger partial charge in [0.05, 0.1) is 0 Å². The van der Waals surface area contributed by atoms with Crippen LogP contribution in [0.4, 0.5) is 0 Å². The zero-order valence-electron chi connectivity index (χ0n) is 10.8. The molecule has 15 heavy (non-hydrogen) atoms. The van der Waals surface area contributed by atoms with Gasteiger partial charge in [0.25, 0.3) is 0 Å². The summed E-state index contributed by atoms with van der Waals surface area (Å²) in [6.45, 7) is 7.99. The van der Waals surface area contributed by atoms with Crippen LogP contribution in [0.2, 0.25) is 0 Å². The summed E-state index contributed by atoms with van der Waals surface area (Å²) in [4.78, 5) is 0. The summed E-state index contributed by atoms with van der Waals surface area (Å²) >= 11 is 0. The Hall–Kier alpha value is -0.0800. The summed E-state index contributed by atoms with van der Waals surface area (Å²) < 4.78 is 0. The van der Waals surface area contributed by atoms with Gasteiger partial charge in [0.1, 0.15) is 0 Å². The highest BCUT2D eigenvalue weighted by atomic mass is 15.5. The molecular weight excluding hydrogens is 184 g/mol. The standard InChI is InChI=1S/C13H28N2/c1-4-5-11-14-15(12(2)3)13-9-7-6-8-10-13/h12-14H,4-11H2,1-3H3. The van der Waals surface area contributed by atoms with Crippen molar-refractivity contribution in [2.24, 2.45) is 0 Å². The van der Waals surface area contributed by atoms with Gasteiger partial charge in [-0.25, -0.2) is 5.01 Å². The van der Waals surface area contributed by atoms with Gasteiger partial charge in [-0.2, -0.15) is 0 Å². The van der Waals surface area contributed by atoms with Crippen molar-refractivity contribution in [2.45, 2.75) is 77.8 Å². The Morgan fingerprint density at radius 3 is 2.40 bits per heavy atom. The normalized spacial score (nSPS) is 19.0. The lowest BCUT2D eigenvalue weighted by molar-refractivity contribution is 0.0614. The Morgan fingerprint density at radius 2 is 1.87 bits per heavy atom. The molecule has 0 unspecified atom stereocenters. The van der Waals surface area contributed by atoms with Gasteiger partial charge < -0.3 is 0 Å². The highest BCUT2D eigenvalue weighted by Crippen LogP contribution is 2.22. The maximum absolute atomic E-state index is 3.62. The molecule has 0 atom stereocenters. The summed E-state index contributed by atoms with van der Waals surface area (Å²) in [7, 11) is 0. The van der Waals surface area contributed by atoms with Gasteiger partial charge in [-0.1, -0.05) is 32.6 Å². The molecule has 1 aliphatic rings. The average molecular weight is 212 g/mol. The second kappa shape index (κ2) is 7.24. The highest BCUT2D eigenvalue weighted by molar-refractivity contribution is 4.75. The first-order valence-electron chi connectivity index (χ1n) is 6.77. The summed E-state index contributed by atoms with van der Waals surface area (Å²) in [5, 5.41) is 2.51. The van der Waals surface area contributed by atoms with Gasteiger partial charge in [-0.3, -0.25) is 5.43 Å². The molecule has 1 fully saturated rings. The summed E-state index contributed by atoms with van der Waals surface area (Å²) in [5.41, 5.74) is 3.62.